The van der Waals surface area contributed by atoms with Gasteiger partial charge in [0, 0.05) is 39.3 Å². The number of likely N-dealkylation sites (tertiary alicyclic amines) is 1. The summed E-state index contributed by atoms with van der Waals surface area (Å²) in [5.41, 5.74) is 0.315. The van der Waals surface area contributed by atoms with Gasteiger partial charge in [-0.3, -0.25) is 9.80 Å². The Morgan fingerprint density at radius 3 is 2.15 bits per heavy atom. The second-order valence-electron chi connectivity index (χ2n) is 6.78. The van der Waals surface area contributed by atoms with Crippen LogP contribution in [0.1, 0.15) is 12.8 Å². The van der Waals surface area contributed by atoms with Crippen LogP contribution < -0.4 is 0 Å². The molecule has 0 N–H and O–H groups in total. The van der Waals surface area contributed by atoms with Gasteiger partial charge < -0.3 is 14.5 Å². The number of urea groups is 1. The van der Waals surface area contributed by atoms with E-state index in [1.54, 1.807) is 4.90 Å². The zero-order valence-electron chi connectivity index (χ0n) is 13.1. The van der Waals surface area contributed by atoms with Gasteiger partial charge in [-0.25, -0.2) is 4.79 Å². The summed E-state index contributed by atoms with van der Waals surface area (Å²) in [6.07, 6.45) is 2.10. The first-order chi connectivity index (χ1) is 9.41. The van der Waals surface area contributed by atoms with E-state index in [9.17, 15) is 4.79 Å². The first-order valence-electron chi connectivity index (χ1n) is 7.40. The van der Waals surface area contributed by atoms with E-state index in [0.29, 0.717) is 0 Å². The molecule has 6 nitrogen and oxygen atoms in total. The third-order valence-corrected chi connectivity index (χ3v) is 5.59. The summed E-state index contributed by atoms with van der Waals surface area (Å²) in [6.45, 7) is 4.40. The van der Waals surface area contributed by atoms with Crippen LogP contribution in [0.15, 0.2) is 0 Å². The molecule has 3 saturated heterocycles. The van der Waals surface area contributed by atoms with E-state index in [1.165, 1.54) is 0 Å². The van der Waals surface area contributed by atoms with Crippen molar-refractivity contribution in [1.29, 1.82) is 0 Å². The second-order valence-corrected chi connectivity index (χ2v) is 6.78. The zero-order valence-corrected chi connectivity index (χ0v) is 13.1. The largest absolute Gasteiger partial charge is 0.375 e. The van der Waals surface area contributed by atoms with Crippen molar-refractivity contribution in [3.05, 3.63) is 0 Å². The van der Waals surface area contributed by atoms with Gasteiger partial charge in [0.25, 0.3) is 0 Å². The maximum Gasteiger partial charge on any atom is 0.319 e. The molecule has 0 aromatic heterocycles. The van der Waals surface area contributed by atoms with Crippen LogP contribution in [-0.2, 0) is 4.74 Å². The molecule has 20 heavy (non-hydrogen) atoms. The van der Waals surface area contributed by atoms with Gasteiger partial charge in [-0.15, -0.1) is 0 Å². The summed E-state index contributed by atoms with van der Waals surface area (Å²) in [6, 6.07) is 0.135. The minimum absolute atomic E-state index is 0.105. The van der Waals surface area contributed by atoms with Gasteiger partial charge in [-0.2, -0.15) is 0 Å². The third kappa shape index (κ3) is 1.78. The van der Waals surface area contributed by atoms with Gasteiger partial charge in [-0.1, -0.05) is 0 Å². The van der Waals surface area contributed by atoms with Crippen molar-refractivity contribution >= 4 is 6.03 Å². The van der Waals surface area contributed by atoms with E-state index in [2.05, 4.69) is 23.9 Å². The lowest BCUT2D eigenvalue weighted by Gasteiger charge is -2.51. The Morgan fingerprint density at radius 1 is 1.15 bits per heavy atom. The molecule has 0 aromatic rings. The summed E-state index contributed by atoms with van der Waals surface area (Å²) in [5.74, 6) is 0. The van der Waals surface area contributed by atoms with Crippen LogP contribution in [0.4, 0.5) is 4.79 Å². The maximum atomic E-state index is 12.0. The van der Waals surface area contributed by atoms with E-state index in [0.717, 1.165) is 45.7 Å². The average molecular weight is 282 g/mol. The Labute approximate surface area is 121 Å². The van der Waals surface area contributed by atoms with Crippen molar-refractivity contribution in [2.45, 2.75) is 24.0 Å². The van der Waals surface area contributed by atoms with E-state index in [1.807, 2.05) is 19.0 Å². The number of piperidine rings is 1. The number of rotatable bonds is 0. The minimum atomic E-state index is 0.105. The molecule has 0 radical (unpaired) electrons. The fourth-order valence-corrected chi connectivity index (χ4v) is 3.98. The van der Waals surface area contributed by atoms with E-state index >= 15 is 0 Å². The summed E-state index contributed by atoms with van der Waals surface area (Å²) < 4.78 is 5.47. The molecule has 3 rings (SSSR count). The molecule has 0 unspecified atom stereocenters. The lowest BCUT2D eigenvalue weighted by Crippen LogP contribution is -2.67. The number of likely N-dealkylation sites (N-methyl/N-ethyl adjacent to an activating group) is 2. The average Bonchev–Trinajstić information content (AvgIpc) is 2.57. The number of hydrogen-bond acceptors (Lipinski definition) is 4. The topological polar surface area (TPSA) is 39.3 Å². The van der Waals surface area contributed by atoms with Crippen LogP contribution in [0.2, 0.25) is 0 Å². The SMILES string of the molecule is CN(C)C(=O)N1CCC2(CC1)CN(C)C1(COC1)N2C. The summed E-state index contributed by atoms with van der Waals surface area (Å²) >= 11 is 0. The monoisotopic (exact) mass is 282 g/mol. The second kappa shape index (κ2) is 4.58. The molecule has 2 spiro atoms. The molecule has 3 aliphatic rings. The predicted molar refractivity (Wildman–Crippen MR) is 76.6 cm³/mol. The van der Waals surface area contributed by atoms with Crippen molar-refractivity contribution < 1.29 is 9.53 Å². The fourth-order valence-electron chi connectivity index (χ4n) is 3.98. The van der Waals surface area contributed by atoms with Gasteiger partial charge in [0.15, 0.2) is 0 Å². The van der Waals surface area contributed by atoms with Gasteiger partial charge >= 0.3 is 6.03 Å². The van der Waals surface area contributed by atoms with Gasteiger partial charge in [-0.05, 0) is 26.9 Å². The predicted octanol–water partition coefficient (Wildman–Crippen LogP) is 0.106. The molecule has 6 heteroatoms. The molecule has 2 amide bonds. The summed E-state index contributed by atoms with van der Waals surface area (Å²) in [5, 5.41) is 0. The van der Waals surface area contributed by atoms with Gasteiger partial charge in [0.2, 0.25) is 0 Å². The normalized spacial score (nSPS) is 28.9. The van der Waals surface area contributed by atoms with Crippen LogP contribution in [0.25, 0.3) is 0 Å². The van der Waals surface area contributed by atoms with Gasteiger partial charge in [0.05, 0.1) is 13.2 Å². The third-order valence-electron chi connectivity index (χ3n) is 5.59. The number of nitrogens with zero attached hydrogens (tertiary/aromatic N) is 4. The smallest absolute Gasteiger partial charge is 0.319 e. The van der Waals surface area contributed by atoms with Gasteiger partial charge in [0.1, 0.15) is 5.66 Å². The highest BCUT2D eigenvalue weighted by molar-refractivity contribution is 5.73. The molecule has 0 aromatic carbocycles. The fraction of sp³-hybridized carbons (Fsp3) is 0.929. The molecule has 3 fully saturated rings. The minimum Gasteiger partial charge on any atom is -0.375 e. The highest BCUT2D eigenvalue weighted by Gasteiger charge is 2.60. The maximum absolute atomic E-state index is 12.0. The van der Waals surface area contributed by atoms with Crippen molar-refractivity contribution in [3.63, 3.8) is 0 Å². The summed E-state index contributed by atoms with van der Waals surface area (Å²) in [7, 11) is 8.08. The molecule has 114 valence electrons. The Morgan fingerprint density at radius 2 is 1.75 bits per heavy atom. The van der Waals surface area contributed by atoms with E-state index in [-0.39, 0.29) is 17.2 Å². The van der Waals surface area contributed by atoms with E-state index < -0.39 is 0 Å². The van der Waals surface area contributed by atoms with Crippen LogP contribution in [0.5, 0.6) is 0 Å². The van der Waals surface area contributed by atoms with Crippen molar-refractivity contribution in [2.24, 2.45) is 0 Å². The zero-order chi connectivity index (χ0) is 14.5. The van der Waals surface area contributed by atoms with E-state index in [4.69, 9.17) is 4.74 Å². The lowest BCUT2D eigenvalue weighted by molar-refractivity contribution is -0.186. The number of carbonyl (C=O) groups is 1. The van der Waals surface area contributed by atoms with Crippen LogP contribution >= 0.6 is 0 Å². The number of ether oxygens (including phenoxy) is 1. The molecular weight excluding hydrogens is 256 g/mol. The van der Waals surface area contributed by atoms with Crippen LogP contribution in [0.3, 0.4) is 0 Å². The number of carbonyl (C=O) groups excluding carboxylic acids is 1. The number of hydrogen-bond donors (Lipinski definition) is 0. The Kier molecular flexibility index (Phi) is 3.23. The molecule has 0 aliphatic carbocycles. The van der Waals surface area contributed by atoms with Crippen LogP contribution in [-0.4, -0.2) is 97.9 Å². The van der Waals surface area contributed by atoms with Crippen molar-refractivity contribution in [2.75, 3.05) is 61.0 Å². The number of amides is 2. The molecule has 0 saturated carbocycles. The van der Waals surface area contributed by atoms with Crippen LogP contribution in [0, 0.1) is 0 Å². The molecule has 0 bridgehead atoms. The highest BCUT2D eigenvalue weighted by atomic mass is 16.5. The Hall–Kier alpha value is -0.850. The Bertz CT molecular complexity index is 400. The lowest BCUT2D eigenvalue weighted by atomic mass is 9.86. The Balaban J connectivity index is 1.70. The highest BCUT2D eigenvalue weighted by Crippen LogP contribution is 2.44. The molecular formula is C14H26N4O2. The quantitative estimate of drug-likeness (QED) is 0.632. The molecule has 3 aliphatic heterocycles. The standard InChI is InChI=1S/C14H26N4O2/c1-15(2)12(19)18-7-5-13(6-8-18)9-16(3)14(17(13)4)10-20-11-14/h5-11H2,1-4H3. The van der Waals surface area contributed by atoms with Crippen molar-refractivity contribution in [1.82, 2.24) is 19.6 Å². The molecule has 3 heterocycles. The first kappa shape index (κ1) is 14.1. The first-order valence-corrected chi connectivity index (χ1v) is 7.40. The molecule has 0 atom stereocenters. The van der Waals surface area contributed by atoms with Crippen molar-refractivity contribution in [3.8, 4) is 0 Å². The summed E-state index contributed by atoms with van der Waals surface area (Å²) in [4.78, 5) is 20.7.